The van der Waals surface area contributed by atoms with Crippen molar-refractivity contribution >= 4 is 5.69 Å². The highest BCUT2D eigenvalue weighted by Gasteiger charge is 2.43. The van der Waals surface area contributed by atoms with E-state index in [-0.39, 0.29) is 11.0 Å². The van der Waals surface area contributed by atoms with Crippen LogP contribution >= 0.6 is 0 Å². The van der Waals surface area contributed by atoms with Gasteiger partial charge in [0.15, 0.2) is 0 Å². The maximum Gasteiger partial charge on any atom is 0.101 e. The van der Waals surface area contributed by atoms with Crippen LogP contribution in [0, 0.1) is 6.92 Å². The Morgan fingerprint density at radius 2 is 1.72 bits per heavy atom. The van der Waals surface area contributed by atoms with Crippen molar-refractivity contribution in [1.82, 2.24) is 0 Å². The fraction of sp³-hybridized carbons (Fsp3) is 0.538. The van der Waals surface area contributed by atoms with Crippen LogP contribution in [-0.4, -0.2) is 32.8 Å². The van der Waals surface area contributed by atoms with Gasteiger partial charge in [-0.25, -0.2) is 0 Å². The van der Waals surface area contributed by atoms with Gasteiger partial charge >= 0.3 is 0 Å². The molecule has 158 valence electrons. The number of anilines is 1. The lowest BCUT2D eigenvalue weighted by Crippen LogP contribution is -2.83. The molecule has 0 aromatic heterocycles. The summed E-state index contributed by atoms with van der Waals surface area (Å²) in [7, 11) is 4.17. The van der Waals surface area contributed by atoms with Crippen molar-refractivity contribution in [2.45, 2.75) is 64.0 Å². The van der Waals surface area contributed by atoms with Crippen molar-refractivity contribution in [3.05, 3.63) is 65.2 Å². The summed E-state index contributed by atoms with van der Waals surface area (Å²) in [6.45, 7) is 9.78. The van der Waals surface area contributed by atoms with Crippen molar-refractivity contribution in [2.75, 3.05) is 32.1 Å². The van der Waals surface area contributed by atoms with Crippen LogP contribution < -0.4 is 10.2 Å². The molecule has 1 fully saturated rings. The van der Waals surface area contributed by atoms with E-state index in [1.54, 1.807) is 0 Å². The molecule has 0 bridgehead atoms. The first kappa shape index (κ1) is 21.9. The number of rotatable bonds is 8. The molecule has 1 heterocycles. The van der Waals surface area contributed by atoms with Crippen LogP contribution in [-0.2, 0) is 16.7 Å². The van der Waals surface area contributed by atoms with E-state index in [4.69, 9.17) is 4.74 Å². The molecule has 0 radical (unpaired) electrons. The Morgan fingerprint density at radius 1 is 1.03 bits per heavy atom. The molecule has 2 N–H and O–H groups in total. The summed E-state index contributed by atoms with van der Waals surface area (Å²) in [5, 5.41) is 2.47. The first-order chi connectivity index (χ1) is 13.9. The zero-order valence-electron chi connectivity index (χ0n) is 19.0. The number of nitrogens with two attached hydrogens (primary N) is 1. The molecule has 3 nitrogen and oxygen atoms in total. The second-order valence-corrected chi connectivity index (χ2v) is 9.32. The quantitative estimate of drug-likeness (QED) is 0.670. The summed E-state index contributed by atoms with van der Waals surface area (Å²) in [5.74, 6) is 0. The topological polar surface area (TPSA) is 29.1 Å². The van der Waals surface area contributed by atoms with Gasteiger partial charge in [0.25, 0.3) is 0 Å². The van der Waals surface area contributed by atoms with Crippen molar-refractivity contribution in [2.24, 2.45) is 0 Å². The maximum absolute atomic E-state index is 6.21. The molecule has 1 saturated heterocycles. The molecule has 0 spiro atoms. The molecule has 1 aliphatic rings. The third-order valence-electron chi connectivity index (χ3n) is 6.82. The fourth-order valence-electron chi connectivity index (χ4n) is 4.66. The van der Waals surface area contributed by atoms with E-state index in [2.05, 4.69) is 93.6 Å². The van der Waals surface area contributed by atoms with Crippen LogP contribution in [0.3, 0.4) is 0 Å². The van der Waals surface area contributed by atoms with Crippen LogP contribution in [0.25, 0.3) is 0 Å². The highest BCUT2D eigenvalue weighted by atomic mass is 16.5. The number of nitrogens with zero attached hydrogens (tertiary/aromatic N) is 1. The predicted octanol–water partition coefficient (Wildman–Crippen LogP) is 4.43. The predicted molar refractivity (Wildman–Crippen MR) is 123 cm³/mol. The Hall–Kier alpha value is -1.84. The molecule has 0 saturated carbocycles. The first-order valence-electron chi connectivity index (χ1n) is 11.1. The van der Waals surface area contributed by atoms with E-state index in [1.807, 2.05) is 0 Å². The highest BCUT2D eigenvalue weighted by Crippen LogP contribution is 2.45. The third-order valence-corrected chi connectivity index (χ3v) is 6.82. The lowest BCUT2D eigenvalue weighted by molar-refractivity contribution is -0.672. The SMILES string of the molecule is CC[C@@]1(C)C[C@](CC[NH2+]Cc2ccc(N(C)C)cc2)(c2ccc(C)cc2)CCO1. The Balaban J connectivity index is 1.66. The zero-order chi connectivity index (χ0) is 20.9. The molecule has 1 aliphatic heterocycles. The largest absolute Gasteiger partial charge is 0.378 e. The number of benzene rings is 2. The summed E-state index contributed by atoms with van der Waals surface area (Å²) in [6.07, 6.45) is 4.51. The van der Waals surface area contributed by atoms with Gasteiger partial charge in [-0.15, -0.1) is 0 Å². The minimum Gasteiger partial charge on any atom is -0.378 e. The van der Waals surface area contributed by atoms with E-state index in [9.17, 15) is 0 Å². The van der Waals surface area contributed by atoms with Gasteiger partial charge in [0, 0.05) is 43.8 Å². The number of hydrogen-bond acceptors (Lipinski definition) is 2. The molecule has 29 heavy (non-hydrogen) atoms. The smallest absolute Gasteiger partial charge is 0.101 e. The van der Waals surface area contributed by atoms with Crippen LogP contribution in [0.2, 0.25) is 0 Å². The van der Waals surface area contributed by atoms with Crippen LogP contribution in [0.5, 0.6) is 0 Å². The summed E-state index contributed by atoms with van der Waals surface area (Å²) in [5.41, 5.74) is 5.70. The Morgan fingerprint density at radius 3 is 2.34 bits per heavy atom. The average molecular weight is 396 g/mol. The van der Waals surface area contributed by atoms with Crippen LogP contribution in [0.15, 0.2) is 48.5 Å². The van der Waals surface area contributed by atoms with E-state index >= 15 is 0 Å². The molecule has 2 aromatic rings. The monoisotopic (exact) mass is 395 g/mol. The van der Waals surface area contributed by atoms with Gasteiger partial charge in [0.05, 0.1) is 12.1 Å². The van der Waals surface area contributed by atoms with Crippen LogP contribution in [0.1, 0.15) is 56.2 Å². The molecule has 0 amide bonds. The van der Waals surface area contributed by atoms with Gasteiger partial charge in [-0.1, -0.05) is 48.9 Å². The normalized spacial score (nSPS) is 24.4. The Kier molecular flexibility index (Phi) is 7.02. The van der Waals surface area contributed by atoms with E-state index in [0.29, 0.717) is 0 Å². The minimum absolute atomic E-state index is 0.00878. The fourth-order valence-corrected chi connectivity index (χ4v) is 4.66. The molecule has 3 heteroatoms. The second-order valence-electron chi connectivity index (χ2n) is 9.32. The molecule has 2 aromatic carbocycles. The highest BCUT2D eigenvalue weighted by molar-refractivity contribution is 5.45. The maximum atomic E-state index is 6.21. The van der Waals surface area contributed by atoms with Gasteiger partial charge in [-0.2, -0.15) is 0 Å². The van der Waals surface area contributed by atoms with Gasteiger partial charge in [-0.05, 0) is 50.8 Å². The van der Waals surface area contributed by atoms with Crippen molar-refractivity contribution < 1.29 is 10.1 Å². The number of ether oxygens (including phenoxy) is 1. The zero-order valence-corrected chi connectivity index (χ0v) is 19.0. The molecule has 0 aliphatic carbocycles. The first-order valence-corrected chi connectivity index (χ1v) is 11.1. The van der Waals surface area contributed by atoms with E-state index < -0.39 is 0 Å². The van der Waals surface area contributed by atoms with Crippen LogP contribution in [0.4, 0.5) is 5.69 Å². The molecular weight excluding hydrogens is 356 g/mol. The molecule has 0 unspecified atom stereocenters. The lowest BCUT2D eigenvalue weighted by atomic mass is 9.66. The van der Waals surface area contributed by atoms with Crippen molar-refractivity contribution in [3.8, 4) is 0 Å². The summed E-state index contributed by atoms with van der Waals surface area (Å²) < 4.78 is 6.21. The number of aryl methyl sites for hydroxylation is 1. The van der Waals surface area contributed by atoms with Gasteiger partial charge in [-0.3, -0.25) is 0 Å². The summed E-state index contributed by atoms with van der Waals surface area (Å²) in [4.78, 5) is 2.15. The number of hydrogen-bond donors (Lipinski definition) is 1. The van der Waals surface area contributed by atoms with E-state index in [1.165, 1.54) is 28.8 Å². The third kappa shape index (κ3) is 5.40. The molecule has 2 atom stereocenters. The van der Waals surface area contributed by atoms with E-state index in [0.717, 1.165) is 39.0 Å². The molecule has 3 rings (SSSR count). The summed E-state index contributed by atoms with van der Waals surface area (Å²) in [6, 6.07) is 18.2. The van der Waals surface area contributed by atoms with Crippen molar-refractivity contribution in [1.29, 1.82) is 0 Å². The Labute approximate surface area is 177 Å². The minimum atomic E-state index is -0.00878. The second kappa shape index (κ2) is 9.32. The number of quaternary nitrogens is 1. The standard InChI is InChI=1S/C26H38N2O/c1-6-25(3)20-26(16-18-29-25,23-11-7-21(2)8-12-23)15-17-27-19-22-9-13-24(14-10-22)28(4)5/h7-14,27H,6,15-20H2,1-5H3/p+1/t25-,26+/m0/s1. The average Bonchev–Trinajstić information content (AvgIpc) is 2.72. The van der Waals surface area contributed by atoms with Gasteiger partial charge in [0.1, 0.15) is 6.54 Å². The Bertz CT molecular complexity index is 768. The lowest BCUT2D eigenvalue weighted by Gasteiger charge is -2.46. The van der Waals surface area contributed by atoms with Gasteiger partial charge < -0.3 is 15.0 Å². The molecular formula is C26H39N2O+. The van der Waals surface area contributed by atoms with Crippen molar-refractivity contribution in [3.63, 3.8) is 0 Å². The summed E-state index contributed by atoms with van der Waals surface area (Å²) >= 11 is 0. The van der Waals surface area contributed by atoms with Gasteiger partial charge in [0.2, 0.25) is 0 Å².